The molecule has 1 aromatic rings. The summed E-state index contributed by atoms with van der Waals surface area (Å²) in [6.45, 7) is 4.62. The Balaban J connectivity index is 1.84. The van der Waals surface area contributed by atoms with Gasteiger partial charge < -0.3 is 5.32 Å². The second-order valence-corrected chi connectivity index (χ2v) is 5.01. The normalized spacial score (nSPS) is 21.5. The minimum atomic E-state index is 0.817. The maximum absolute atomic E-state index is 5.87. The van der Waals surface area contributed by atoms with Gasteiger partial charge in [0.2, 0.25) is 0 Å². The van der Waals surface area contributed by atoms with E-state index >= 15 is 0 Å². The van der Waals surface area contributed by atoms with E-state index in [1.54, 1.807) is 0 Å². The maximum atomic E-state index is 5.87. The Labute approximate surface area is 103 Å². The zero-order valence-electron chi connectivity index (χ0n) is 9.75. The highest BCUT2D eigenvalue weighted by Gasteiger charge is 2.21. The van der Waals surface area contributed by atoms with Crippen molar-refractivity contribution < 1.29 is 0 Å². The number of hydrogen-bond acceptors (Lipinski definition) is 2. The van der Waals surface area contributed by atoms with Crippen LogP contribution in [0.1, 0.15) is 12.0 Å². The first-order valence-corrected chi connectivity index (χ1v) is 6.27. The number of nitrogens with one attached hydrogen (secondary N) is 1. The van der Waals surface area contributed by atoms with Crippen molar-refractivity contribution in [1.82, 2.24) is 10.2 Å². The Bertz CT molecular complexity index is 323. The van der Waals surface area contributed by atoms with E-state index in [2.05, 4.69) is 22.3 Å². The number of hydrogen-bond donors (Lipinski definition) is 1. The van der Waals surface area contributed by atoms with Crippen LogP contribution in [0.5, 0.6) is 0 Å². The fraction of sp³-hybridized carbons (Fsp3) is 0.538. The quantitative estimate of drug-likeness (QED) is 0.867. The molecule has 3 heteroatoms. The van der Waals surface area contributed by atoms with Crippen molar-refractivity contribution in [2.75, 3.05) is 26.7 Å². The summed E-state index contributed by atoms with van der Waals surface area (Å²) >= 11 is 5.87. The molecular weight excluding hydrogens is 220 g/mol. The average molecular weight is 239 g/mol. The molecule has 1 aromatic carbocycles. The van der Waals surface area contributed by atoms with Crippen molar-refractivity contribution in [3.05, 3.63) is 34.9 Å². The minimum Gasteiger partial charge on any atom is -0.319 e. The lowest BCUT2D eigenvalue weighted by atomic mass is 10.1. The van der Waals surface area contributed by atoms with Gasteiger partial charge in [-0.15, -0.1) is 0 Å². The molecule has 88 valence electrons. The molecule has 0 saturated carbocycles. The number of likely N-dealkylation sites (tertiary alicyclic amines) is 1. The first-order valence-electron chi connectivity index (χ1n) is 5.89. The summed E-state index contributed by atoms with van der Waals surface area (Å²) in [5.74, 6) is 0.817. The molecular formula is C13H19ClN2. The average Bonchev–Trinajstić information content (AvgIpc) is 2.70. The third-order valence-corrected chi connectivity index (χ3v) is 3.43. The van der Waals surface area contributed by atoms with E-state index in [0.717, 1.165) is 24.0 Å². The number of rotatable bonds is 4. The molecule has 1 heterocycles. The number of halogens is 1. The Kier molecular flexibility index (Phi) is 4.22. The van der Waals surface area contributed by atoms with E-state index < -0.39 is 0 Å². The highest BCUT2D eigenvalue weighted by Crippen LogP contribution is 2.18. The van der Waals surface area contributed by atoms with Crippen molar-refractivity contribution in [2.45, 2.75) is 13.0 Å². The summed E-state index contributed by atoms with van der Waals surface area (Å²) in [7, 11) is 2.03. The highest BCUT2D eigenvalue weighted by atomic mass is 35.5. The van der Waals surface area contributed by atoms with Gasteiger partial charge in [0.1, 0.15) is 0 Å². The van der Waals surface area contributed by atoms with Crippen LogP contribution >= 0.6 is 11.6 Å². The van der Waals surface area contributed by atoms with Gasteiger partial charge in [-0.3, -0.25) is 4.90 Å². The van der Waals surface area contributed by atoms with Gasteiger partial charge in [0.25, 0.3) is 0 Å². The molecule has 2 rings (SSSR count). The fourth-order valence-corrected chi connectivity index (χ4v) is 2.49. The second-order valence-electron chi connectivity index (χ2n) is 4.57. The summed E-state index contributed by atoms with van der Waals surface area (Å²) in [6, 6.07) is 8.18. The Morgan fingerprint density at radius 1 is 1.38 bits per heavy atom. The molecule has 0 amide bonds. The van der Waals surface area contributed by atoms with Gasteiger partial charge in [0.15, 0.2) is 0 Å². The first-order chi connectivity index (χ1) is 7.78. The molecule has 16 heavy (non-hydrogen) atoms. The summed E-state index contributed by atoms with van der Waals surface area (Å²) < 4.78 is 0. The number of benzene rings is 1. The fourth-order valence-electron chi connectivity index (χ4n) is 2.36. The van der Waals surface area contributed by atoms with Crippen molar-refractivity contribution in [3.63, 3.8) is 0 Å². The van der Waals surface area contributed by atoms with Gasteiger partial charge in [0.05, 0.1) is 0 Å². The smallest absolute Gasteiger partial charge is 0.0406 e. The molecule has 1 aliphatic heterocycles. The van der Waals surface area contributed by atoms with E-state index in [-0.39, 0.29) is 0 Å². The molecule has 0 bridgehead atoms. The van der Waals surface area contributed by atoms with Crippen molar-refractivity contribution in [3.8, 4) is 0 Å². The maximum Gasteiger partial charge on any atom is 0.0406 e. The van der Waals surface area contributed by atoms with E-state index in [9.17, 15) is 0 Å². The minimum absolute atomic E-state index is 0.817. The zero-order chi connectivity index (χ0) is 11.4. The van der Waals surface area contributed by atoms with Crippen LogP contribution in [0.25, 0.3) is 0 Å². The summed E-state index contributed by atoms with van der Waals surface area (Å²) in [4.78, 5) is 2.52. The van der Waals surface area contributed by atoms with Gasteiger partial charge in [-0.1, -0.05) is 23.7 Å². The molecule has 0 radical (unpaired) electrons. The van der Waals surface area contributed by atoms with E-state index in [0.29, 0.717) is 0 Å². The Hall–Kier alpha value is -0.570. The van der Waals surface area contributed by atoms with Gasteiger partial charge in [-0.25, -0.2) is 0 Å². The van der Waals surface area contributed by atoms with E-state index in [1.165, 1.54) is 25.1 Å². The van der Waals surface area contributed by atoms with Crippen LogP contribution in [0.15, 0.2) is 24.3 Å². The molecule has 1 atom stereocenters. The largest absolute Gasteiger partial charge is 0.319 e. The lowest BCUT2D eigenvalue weighted by Crippen LogP contribution is -2.24. The Morgan fingerprint density at radius 2 is 2.12 bits per heavy atom. The lowest BCUT2D eigenvalue weighted by molar-refractivity contribution is 0.315. The molecule has 1 N–H and O–H groups in total. The summed E-state index contributed by atoms with van der Waals surface area (Å²) in [5, 5.41) is 4.08. The number of nitrogens with zero attached hydrogens (tertiary/aromatic N) is 1. The SMILES string of the molecule is CNCC1CCN(Cc2ccc(Cl)cc2)C1. The van der Waals surface area contributed by atoms with Crippen LogP contribution in [0.3, 0.4) is 0 Å². The van der Waals surface area contributed by atoms with Gasteiger partial charge in [-0.05, 0) is 50.2 Å². The molecule has 0 aromatic heterocycles. The van der Waals surface area contributed by atoms with Crippen LogP contribution in [-0.4, -0.2) is 31.6 Å². The van der Waals surface area contributed by atoms with E-state index in [4.69, 9.17) is 11.6 Å². The predicted molar refractivity (Wildman–Crippen MR) is 68.8 cm³/mol. The predicted octanol–water partition coefficient (Wildman–Crippen LogP) is 2.38. The van der Waals surface area contributed by atoms with Crippen LogP contribution in [0.2, 0.25) is 5.02 Å². The third-order valence-electron chi connectivity index (χ3n) is 3.18. The molecule has 1 aliphatic rings. The Morgan fingerprint density at radius 3 is 2.81 bits per heavy atom. The molecule has 1 fully saturated rings. The summed E-state index contributed by atoms with van der Waals surface area (Å²) in [5.41, 5.74) is 1.36. The summed E-state index contributed by atoms with van der Waals surface area (Å²) in [6.07, 6.45) is 1.31. The van der Waals surface area contributed by atoms with Crippen molar-refractivity contribution >= 4 is 11.6 Å². The zero-order valence-corrected chi connectivity index (χ0v) is 10.5. The van der Waals surface area contributed by atoms with Crippen LogP contribution in [0.4, 0.5) is 0 Å². The molecule has 2 nitrogen and oxygen atoms in total. The van der Waals surface area contributed by atoms with Crippen molar-refractivity contribution in [2.24, 2.45) is 5.92 Å². The third kappa shape index (κ3) is 3.21. The first kappa shape index (κ1) is 11.9. The molecule has 1 saturated heterocycles. The van der Waals surface area contributed by atoms with E-state index in [1.807, 2.05) is 19.2 Å². The van der Waals surface area contributed by atoms with Gasteiger partial charge >= 0.3 is 0 Å². The lowest BCUT2D eigenvalue weighted by Gasteiger charge is -2.16. The standard InChI is InChI=1S/C13H19ClN2/c1-15-8-12-6-7-16(10-12)9-11-2-4-13(14)5-3-11/h2-5,12,15H,6-10H2,1H3. The molecule has 0 aliphatic carbocycles. The molecule has 0 spiro atoms. The highest BCUT2D eigenvalue weighted by molar-refractivity contribution is 6.30. The molecule has 1 unspecified atom stereocenters. The second kappa shape index (κ2) is 5.67. The van der Waals surface area contributed by atoms with Crippen LogP contribution in [-0.2, 0) is 6.54 Å². The van der Waals surface area contributed by atoms with Gasteiger partial charge in [0, 0.05) is 18.1 Å². The van der Waals surface area contributed by atoms with Crippen LogP contribution in [0, 0.1) is 5.92 Å². The monoisotopic (exact) mass is 238 g/mol. The van der Waals surface area contributed by atoms with Crippen LogP contribution < -0.4 is 5.32 Å². The van der Waals surface area contributed by atoms with Crippen molar-refractivity contribution in [1.29, 1.82) is 0 Å². The van der Waals surface area contributed by atoms with Gasteiger partial charge in [-0.2, -0.15) is 0 Å². The topological polar surface area (TPSA) is 15.3 Å².